The summed E-state index contributed by atoms with van der Waals surface area (Å²) in [5.41, 5.74) is 15.8. The molecule has 67 heavy (non-hydrogen) atoms. The highest BCUT2D eigenvalue weighted by molar-refractivity contribution is 6.09. The Morgan fingerprint density at radius 1 is 0.612 bits per heavy atom. The lowest BCUT2D eigenvalue weighted by Crippen LogP contribution is -2.24. The Hall–Kier alpha value is -6.67. The number of ether oxygens (including phenoxy) is 2. The lowest BCUT2D eigenvalue weighted by molar-refractivity contribution is -0.138. The first-order valence-corrected chi connectivity index (χ1v) is 20.7. The lowest BCUT2D eigenvalue weighted by atomic mass is 10.1. The van der Waals surface area contributed by atoms with Crippen molar-refractivity contribution in [3.8, 4) is 11.5 Å². The quantitative estimate of drug-likeness (QED) is 0.0334. The molecule has 0 bridgehead atoms. The zero-order valence-corrected chi connectivity index (χ0v) is 36.6. The monoisotopic (exact) mass is 972 g/mol. The fraction of sp³-hybridized carbons (Fsp3) is 0.450. The lowest BCUT2D eigenvalue weighted by Gasteiger charge is -2.22. The molecule has 3 aromatic rings. The standard InChI is InChI=1S/C40H50F6N14O6.ClH/c41-39(42,43)21-13-25(57-31(61)5-1-3-9-53-37(47)48)33(65-23-7-11-51-18-23)27(15-21)59-35(63)29-17-30(56-20-55-29)36(64)60-28-16-22(40(44,45)46)14-26(34(28)66-24-8-12-52-19-24)58-32(62)6-2-4-10-54-38(49)50;/h13-17,20,23-24,51-52H,1-12,18-19H2,(H,57,61)(H,58,62)(H,59,63)(H,60,64)(H4,47,48,53)(H4,49,50,54);1H/t23-,24-;/m1./s1. The fourth-order valence-electron chi connectivity index (χ4n) is 6.62. The molecule has 20 nitrogen and oxygen atoms in total. The SMILES string of the molecule is Cl.NC(N)=NCCCCC(=O)Nc1cc(C(F)(F)F)cc(NC(=O)c2cc(C(=O)Nc3cc(C(F)(F)F)cc(NC(=O)CCCCN=C(N)N)c3O[C@@H]3CCNC3)ncn2)c1O[C@@H]1CCNC1. The molecule has 4 amide bonds. The average Bonchev–Trinajstić information content (AvgIpc) is 3.97. The topological polar surface area (TPSA) is 313 Å². The zero-order chi connectivity index (χ0) is 48.0. The van der Waals surface area contributed by atoms with Crippen LogP contribution in [0, 0.1) is 0 Å². The van der Waals surface area contributed by atoms with E-state index >= 15 is 0 Å². The minimum absolute atomic E-state index is 0. The number of hydrogen-bond acceptors (Lipinski definition) is 12. The number of anilines is 4. The molecule has 14 N–H and O–H groups in total. The molecule has 5 rings (SSSR count). The third kappa shape index (κ3) is 16.3. The highest BCUT2D eigenvalue weighted by Crippen LogP contribution is 2.43. The first-order chi connectivity index (χ1) is 31.3. The summed E-state index contributed by atoms with van der Waals surface area (Å²) in [5, 5.41) is 15.7. The van der Waals surface area contributed by atoms with E-state index in [9.17, 15) is 45.5 Å². The van der Waals surface area contributed by atoms with Crippen LogP contribution in [0.2, 0.25) is 0 Å². The van der Waals surface area contributed by atoms with Crippen LogP contribution in [0.15, 0.2) is 46.6 Å². The Bertz CT molecular complexity index is 2130. The zero-order valence-electron chi connectivity index (χ0n) is 35.7. The minimum atomic E-state index is -4.97. The molecule has 2 atom stereocenters. The summed E-state index contributed by atoms with van der Waals surface area (Å²) in [6.07, 6.45) is -8.36. The number of benzene rings is 2. The molecule has 0 saturated carbocycles. The number of nitrogens with one attached hydrogen (secondary N) is 6. The van der Waals surface area contributed by atoms with Gasteiger partial charge in [-0.25, -0.2) is 9.97 Å². The van der Waals surface area contributed by atoms with Crippen LogP contribution in [-0.4, -0.2) is 97.0 Å². The summed E-state index contributed by atoms with van der Waals surface area (Å²) < 4.78 is 97.9. The number of unbranched alkanes of at least 4 members (excludes halogenated alkanes) is 2. The summed E-state index contributed by atoms with van der Waals surface area (Å²) in [6.45, 7) is 2.05. The van der Waals surface area contributed by atoms with Gasteiger partial charge in [-0.2, -0.15) is 26.3 Å². The highest BCUT2D eigenvalue weighted by atomic mass is 35.5. The predicted octanol–water partition coefficient (Wildman–Crippen LogP) is 3.69. The first-order valence-electron chi connectivity index (χ1n) is 20.7. The Labute approximate surface area is 385 Å². The number of rotatable bonds is 20. The second kappa shape index (κ2) is 24.2. The summed E-state index contributed by atoms with van der Waals surface area (Å²) in [4.78, 5) is 68.9. The molecule has 2 aliphatic heterocycles. The molecule has 2 fully saturated rings. The maximum absolute atomic E-state index is 14.3. The maximum Gasteiger partial charge on any atom is 0.416 e. The van der Waals surface area contributed by atoms with Crippen molar-refractivity contribution in [3.05, 3.63) is 59.2 Å². The van der Waals surface area contributed by atoms with Crippen molar-refractivity contribution in [2.45, 2.75) is 75.9 Å². The van der Waals surface area contributed by atoms with Crippen LogP contribution >= 0.6 is 12.4 Å². The molecule has 0 spiro atoms. The van der Waals surface area contributed by atoms with E-state index in [2.05, 4.69) is 51.9 Å². The Morgan fingerprint density at radius 3 is 1.31 bits per heavy atom. The number of nitrogens with zero attached hydrogens (tertiary/aromatic N) is 4. The normalized spacial score (nSPS) is 15.7. The van der Waals surface area contributed by atoms with Gasteiger partial charge in [0.2, 0.25) is 11.8 Å². The van der Waals surface area contributed by atoms with Crippen molar-refractivity contribution in [1.82, 2.24) is 20.6 Å². The van der Waals surface area contributed by atoms with Gasteiger partial charge in [0.05, 0.1) is 33.9 Å². The van der Waals surface area contributed by atoms with Gasteiger partial charge in [-0.1, -0.05) is 0 Å². The third-order valence-electron chi connectivity index (χ3n) is 9.82. The number of carbonyl (C=O) groups excluding carboxylic acids is 4. The van der Waals surface area contributed by atoms with E-state index in [1.807, 2.05) is 0 Å². The number of aromatic nitrogens is 2. The summed E-state index contributed by atoms with van der Waals surface area (Å²) in [6, 6.07) is 3.40. The molecule has 0 aliphatic carbocycles. The Morgan fingerprint density at radius 2 is 0.985 bits per heavy atom. The number of aliphatic imine (C=N–C) groups is 2. The van der Waals surface area contributed by atoms with Gasteiger partial charge in [0.1, 0.15) is 29.9 Å². The van der Waals surface area contributed by atoms with Crippen LogP contribution < -0.4 is 64.3 Å². The van der Waals surface area contributed by atoms with Crippen LogP contribution in [0.1, 0.15) is 83.5 Å². The number of hydrogen-bond donors (Lipinski definition) is 10. The molecule has 3 heterocycles. The summed E-state index contributed by atoms with van der Waals surface area (Å²) >= 11 is 0. The highest BCUT2D eigenvalue weighted by Gasteiger charge is 2.36. The number of amides is 4. The molecule has 1 aromatic heterocycles. The number of alkyl halides is 6. The first kappa shape index (κ1) is 52.9. The molecule has 366 valence electrons. The van der Waals surface area contributed by atoms with E-state index in [0.29, 0.717) is 76.1 Å². The van der Waals surface area contributed by atoms with E-state index in [-0.39, 0.29) is 74.6 Å². The number of carbonyl (C=O) groups is 4. The van der Waals surface area contributed by atoms with Gasteiger partial charge in [0.15, 0.2) is 23.4 Å². The molecule has 2 aliphatic rings. The van der Waals surface area contributed by atoms with Crippen molar-refractivity contribution in [3.63, 3.8) is 0 Å². The van der Waals surface area contributed by atoms with Crippen molar-refractivity contribution in [2.24, 2.45) is 32.9 Å². The molecular weight excluding hydrogens is 922 g/mol. The van der Waals surface area contributed by atoms with E-state index in [0.717, 1.165) is 12.4 Å². The van der Waals surface area contributed by atoms with E-state index in [1.165, 1.54) is 0 Å². The summed E-state index contributed by atoms with van der Waals surface area (Å²) in [7, 11) is 0. The number of halogens is 7. The molecular formula is C40H51ClF6N14O6. The Kier molecular flexibility index (Phi) is 19.1. The van der Waals surface area contributed by atoms with Gasteiger partial charge in [0, 0.05) is 45.1 Å². The van der Waals surface area contributed by atoms with E-state index in [4.69, 9.17) is 32.4 Å². The van der Waals surface area contributed by atoms with Gasteiger partial charge in [-0.05, 0) is 75.9 Å². The van der Waals surface area contributed by atoms with Crippen LogP contribution in [0.25, 0.3) is 0 Å². The second-order valence-corrected chi connectivity index (χ2v) is 15.1. The molecule has 27 heteroatoms. The van der Waals surface area contributed by atoms with Crippen LogP contribution in [0.4, 0.5) is 49.1 Å². The third-order valence-corrected chi connectivity index (χ3v) is 9.82. The van der Waals surface area contributed by atoms with Crippen LogP contribution in [0.3, 0.4) is 0 Å². The number of nitrogens with two attached hydrogens (primary N) is 4. The largest absolute Gasteiger partial charge is 0.485 e. The Balaban J connectivity index is 0.00000980. The van der Waals surface area contributed by atoms with E-state index < -0.39 is 93.5 Å². The molecule has 0 unspecified atom stereocenters. The smallest absolute Gasteiger partial charge is 0.416 e. The second-order valence-electron chi connectivity index (χ2n) is 15.1. The van der Waals surface area contributed by atoms with Gasteiger partial charge in [-0.3, -0.25) is 29.2 Å². The van der Waals surface area contributed by atoms with Crippen molar-refractivity contribution in [2.75, 3.05) is 60.5 Å². The molecule has 0 radical (unpaired) electrons. The van der Waals surface area contributed by atoms with E-state index in [1.54, 1.807) is 0 Å². The van der Waals surface area contributed by atoms with Gasteiger partial charge >= 0.3 is 12.4 Å². The molecule has 2 saturated heterocycles. The van der Waals surface area contributed by atoms with Crippen LogP contribution in [-0.2, 0) is 21.9 Å². The fourth-order valence-corrected chi connectivity index (χ4v) is 6.62. The van der Waals surface area contributed by atoms with Crippen molar-refractivity contribution >= 4 is 70.7 Å². The minimum Gasteiger partial charge on any atom is -0.485 e. The van der Waals surface area contributed by atoms with Crippen molar-refractivity contribution in [1.29, 1.82) is 0 Å². The number of guanidine groups is 2. The average molecular weight is 973 g/mol. The maximum atomic E-state index is 14.3. The van der Waals surface area contributed by atoms with Gasteiger partial charge in [-0.15, -0.1) is 12.4 Å². The van der Waals surface area contributed by atoms with Crippen LogP contribution in [0.5, 0.6) is 11.5 Å². The predicted molar refractivity (Wildman–Crippen MR) is 238 cm³/mol. The van der Waals surface area contributed by atoms with Gasteiger partial charge in [0.25, 0.3) is 11.8 Å². The molecule has 2 aromatic carbocycles. The van der Waals surface area contributed by atoms with Gasteiger partial charge < -0.3 is 64.3 Å². The summed E-state index contributed by atoms with van der Waals surface area (Å²) in [5.74, 6) is -4.53. The van der Waals surface area contributed by atoms with Crippen molar-refractivity contribution < 1.29 is 55.0 Å².